The minimum absolute atomic E-state index is 0.678. The van der Waals surface area contributed by atoms with E-state index in [1.807, 2.05) is 23.5 Å². The van der Waals surface area contributed by atoms with Gasteiger partial charge < -0.3 is 9.79 Å². The third-order valence-corrected chi connectivity index (χ3v) is 7.29. The van der Waals surface area contributed by atoms with Gasteiger partial charge in [0.1, 0.15) is 0 Å². The van der Waals surface area contributed by atoms with Crippen molar-refractivity contribution in [3.8, 4) is 0 Å². The lowest BCUT2D eigenvalue weighted by Crippen LogP contribution is -2.24. The zero-order valence-corrected chi connectivity index (χ0v) is 20.2. The fraction of sp³-hybridized carbons (Fsp3) is 1.00. The van der Waals surface area contributed by atoms with Gasteiger partial charge in [-0.1, -0.05) is 0 Å². The van der Waals surface area contributed by atoms with Crippen LogP contribution in [-0.4, -0.2) is 44.0 Å². The molecule has 0 saturated carbocycles. The molecule has 0 heterocycles. The van der Waals surface area contributed by atoms with E-state index >= 15 is 0 Å². The summed E-state index contributed by atoms with van der Waals surface area (Å²) in [7, 11) is -7.88. The summed E-state index contributed by atoms with van der Waals surface area (Å²) < 4.78 is 32.2. The highest BCUT2D eigenvalue weighted by Gasteiger charge is 2.27. The van der Waals surface area contributed by atoms with Gasteiger partial charge in [0, 0.05) is 0 Å². The zero-order chi connectivity index (χ0) is 21.2. The summed E-state index contributed by atoms with van der Waals surface area (Å²) in [6, 6.07) is 0. The number of hydrogen-bond donors (Lipinski definition) is 4. The van der Waals surface area contributed by atoms with E-state index in [0.717, 1.165) is 42.3 Å². The molecule has 12 heteroatoms. The second-order valence-corrected chi connectivity index (χ2v) is 12.7. The van der Waals surface area contributed by atoms with Crippen molar-refractivity contribution in [2.24, 2.45) is 11.0 Å². The summed E-state index contributed by atoms with van der Waals surface area (Å²) in [5.74, 6) is 4.09. The lowest BCUT2D eigenvalue weighted by molar-refractivity contribution is 0.0821. The third kappa shape index (κ3) is 20.0. The van der Waals surface area contributed by atoms with Gasteiger partial charge in [0.15, 0.2) is 0 Å². The van der Waals surface area contributed by atoms with Crippen molar-refractivity contribution in [3.05, 3.63) is 0 Å². The Morgan fingerprint density at radius 1 is 0.741 bits per heavy atom. The maximum atomic E-state index is 11.1. The molecule has 0 aromatic heterocycles. The Balaban J connectivity index is 3.58. The van der Waals surface area contributed by atoms with E-state index in [0.29, 0.717) is 12.8 Å². The highest BCUT2D eigenvalue weighted by Crippen LogP contribution is 2.40. The average molecular weight is 467 g/mol. The second kappa shape index (κ2) is 12.6. The molecular weight excluding hydrogens is 430 g/mol. The maximum absolute atomic E-state index is 11.1. The molecule has 164 valence electrons. The smallest absolute Gasteiger partial charge is 0.313 e. The molecule has 0 radical (unpaired) electrons. The molecule has 27 heavy (non-hydrogen) atoms. The molecule has 0 rings (SSSR count). The van der Waals surface area contributed by atoms with Crippen LogP contribution in [0.5, 0.6) is 0 Å². The van der Waals surface area contributed by atoms with Crippen LogP contribution < -0.4 is 11.0 Å². The van der Waals surface area contributed by atoms with Crippen molar-refractivity contribution in [1.82, 2.24) is 0 Å². The van der Waals surface area contributed by atoms with Gasteiger partial charge in [-0.2, -0.15) is 23.5 Å². The summed E-state index contributed by atoms with van der Waals surface area (Å²) in [6.07, 6.45) is 4.26. The van der Waals surface area contributed by atoms with Crippen LogP contribution in [-0.2, 0) is 18.2 Å². The van der Waals surface area contributed by atoms with Crippen molar-refractivity contribution in [2.45, 2.75) is 71.0 Å². The summed E-state index contributed by atoms with van der Waals surface area (Å²) in [5, 5.41) is 0. The van der Waals surface area contributed by atoms with Crippen LogP contribution in [0.3, 0.4) is 0 Å². The molecule has 0 aromatic rings. The number of hydrogen-bond acceptors (Lipinski definition) is 6. The SMILES string of the molecule is CC(C)(CCCSCCCSCCCC(C)(C)OP(N)(=O)O)OP(N)(=O)O. The summed E-state index contributed by atoms with van der Waals surface area (Å²) in [4.78, 5) is 18.2. The fourth-order valence-electron chi connectivity index (χ4n) is 2.47. The number of nitrogens with two attached hydrogens (primary N) is 2. The van der Waals surface area contributed by atoms with Crippen LogP contribution in [0.25, 0.3) is 0 Å². The standard InChI is InChI=1S/C15H36N2O6P2S2/c1-14(2,22-24(16,18)19)8-5-10-26-12-7-13-27-11-6-9-15(3,4)23-25(17,20)21/h5-13H2,1-4H3,(H3,16,18,19)(H3,17,20,21). The van der Waals surface area contributed by atoms with Crippen LogP contribution in [0.4, 0.5) is 0 Å². The molecular formula is C15H36N2O6P2S2. The lowest BCUT2D eigenvalue weighted by atomic mass is 10.0. The predicted octanol–water partition coefficient (Wildman–Crippen LogP) is 4.11. The molecule has 0 amide bonds. The van der Waals surface area contributed by atoms with E-state index in [9.17, 15) is 9.13 Å². The molecule has 2 atom stereocenters. The first-order valence-electron chi connectivity index (χ1n) is 8.92. The van der Waals surface area contributed by atoms with Gasteiger partial charge in [0.05, 0.1) is 11.2 Å². The largest absolute Gasteiger partial charge is 0.400 e. The molecule has 0 aliphatic rings. The van der Waals surface area contributed by atoms with E-state index in [1.165, 1.54) is 0 Å². The Bertz CT molecular complexity index is 467. The van der Waals surface area contributed by atoms with Gasteiger partial charge in [0.2, 0.25) is 0 Å². The summed E-state index contributed by atoms with van der Waals surface area (Å²) >= 11 is 3.72. The molecule has 0 bridgehead atoms. The number of thioether (sulfide) groups is 2. The molecule has 0 spiro atoms. The van der Waals surface area contributed by atoms with Crippen molar-refractivity contribution in [3.63, 3.8) is 0 Å². The van der Waals surface area contributed by atoms with Gasteiger partial charge in [-0.3, -0.25) is 9.05 Å². The maximum Gasteiger partial charge on any atom is 0.400 e. The van der Waals surface area contributed by atoms with Gasteiger partial charge in [-0.05, 0) is 82.8 Å². The molecule has 0 saturated heterocycles. The van der Waals surface area contributed by atoms with E-state index in [-0.39, 0.29) is 0 Å². The van der Waals surface area contributed by atoms with Gasteiger partial charge in [0.25, 0.3) is 0 Å². The third-order valence-electron chi connectivity index (χ3n) is 3.47. The van der Waals surface area contributed by atoms with Crippen LogP contribution >= 0.6 is 39.0 Å². The van der Waals surface area contributed by atoms with Crippen LogP contribution in [0.1, 0.15) is 59.8 Å². The quantitative estimate of drug-likeness (QED) is 0.194. The van der Waals surface area contributed by atoms with E-state index in [1.54, 1.807) is 27.7 Å². The molecule has 6 N–H and O–H groups in total. The Labute approximate surface area is 172 Å². The molecule has 0 aromatic carbocycles. The van der Waals surface area contributed by atoms with E-state index in [2.05, 4.69) is 0 Å². The van der Waals surface area contributed by atoms with E-state index < -0.39 is 26.7 Å². The predicted molar refractivity (Wildman–Crippen MR) is 116 cm³/mol. The monoisotopic (exact) mass is 466 g/mol. The van der Waals surface area contributed by atoms with Gasteiger partial charge in [-0.15, -0.1) is 0 Å². The number of rotatable bonds is 16. The topological polar surface area (TPSA) is 145 Å². The highest BCUT2D eigenvalue weighted by atomic mass is 32.2. The Morgan fingerprint density at radius 2 is 1.04 bits per heavy atom. The van der Waals surface area contributed by atoms with Crippen LogP contribution in [0, 0.1) is 0 Å². The van der Waals surface area contributed by atoms with Crippen molar-refractivity contribution in [1.29, 1.82) is 0 Å². The van der Waals surface area contributed by atoms with Crippen molar-refractivity contribution in [2.75, 3.05) is 23.0 Å². The van der Waals surface area contributed by atoms with Crippen LogP contribution in [0.2, 0.25) is 0 Å². The summed E-state index contributed by atoms with van der Waals surface area (Å²) in [6.45, 7) is 7.07. The Kier molecular flexibility index (Phi) is 13.0. The van der Waals surface area contributed by atoms with Gasteiger partial charge in [-0.25, -0.2) is 20.1 Å². The molecule has 0 aliphatic carbocycles. The highest BCUT2D eigenvalue weighted by molar-refractivity contribution is 8.00. The Morgan fingerprint density at radius 3 is 1.33 bits per heavy atom. The first kappa shape index (κ1) is 27.9. The zero-order valence-electron chi connectivity index (χ0n) is 16.8. The first-order valence-corrected chi connectivity index (χ1v) is 14.5. The van der Waals surface area contributed by atoms with Crippen molar-refractivity contribution >= 4 is 39.0 Å². The Hall–Kier alpha value is 0.920. The first-order chi connectivity index (χ1) is 12.1. The minimum Gasteiger partial charge on any atom is -0.313 e. The average Bonchev–Trinajstić information content (AvgIpc) is 2.39. The molecule has 0 fully saturated rings. The second-order valence-electron chi connectivity index (χ2n) is 7.62. The molecule has 8 nitrogen and oxygen atoms in total. The fourth-order valence-corrected chi connectivity index (χ4v) is 6.05. The normalized spacial score (nSPS) is 17.5. The minimum atomic E-state index is -3.94. The van der Waals surface area contributed by atoms with Crippen LogP contribution in [0.15, 0.2) is 0 Å². The molecule has 2 unspecified atom stereocenters. The molecule has 0 aliphatic heterocycles. The summed E-state index contributed by atoms with van der Waals surface area (Å²) in [5.41, 5.74) is 8.69. The van der Waals surface area contributed by atoms with Gasteiger partial charge >= 0.3 is 15.5 Å². The van der Waals surface area contributed by atoms with E-state index in [4.69, 9.17) is 29.8 Å². The lowest BCUT2D eigenvalue weighted by Gasteiger charge is -2.25. The van der Waals surface area contributed by atoms with Crippen molar-refractivity contribution < 1.29 is 28.0 Å².